The lowest BCUT2D eigenvalue weighted by Gasteiger charge is -2.26. The van der Waals surface area contributed by atoms with Gasteiger partial charge in [0.15, 0.2) is 0 Å². The van der Waals surface area contributed by atoms with E-state index >= 15 is 0 Å². The van der Waals surface area contributed by atoms with E-state index in [1.165, 1.54) is 11.2 Å². The van der Waals surface area contributed by atoms with Crippen molar-refractivity contribution in [3.63, 3.8) is 0 Å². The zero-order chi connectivity index (χ0) is 24.4. The van der Waals surface area contributed by atoms with Crippen LogP contribution >= 0.6 is 0 Å². The molecule has 1 unspecified atom stereocenters. The van der Waals surface area contributed by atoms with Crippen molar-refractivity contribution in [3.05, 3.63) is 59.5 Å². The molecule has 1 saturated heterocycles. The average molecular weight is 476 g/mol. The largest absolute Gasteiger partial charge is 0.493 e. The molecule has 1 aromatic heterocycles. The average Bonchev–Trinajstić information content (AvgIpc) is 3.20. The molecular formula is C26H29N5O4. The number of rotatable bonds is 7. The van der Waals surface area contributed by atoms with Crippen molar-refractivity contribution in [1.82, 2.24) is 19.8 Å². The number of fused-ring (bicyclic) bond motifs is 2. The predicted octanol–water partition coefficient (Wildman–Crippen LogP) is 2.52. The van der Waals surface area contributed by atoms with Crippen molar-refractivity contribution in [2.75, 3.05) is 58.9 Å². The van der Waals surface area contributed by atoms with E-state index in [0.29, 0.717) is 29.1 Å². The van der Waals surface area contributed by atoms with Crippen LogP contribution < -0.4 is 10.1 Å². The summed E-state index contributed by atoms with van der Waals surface area (Å²) in [5, 5.41) is 3.70. The van der Waals surface area contributed by atoms with Crippen molar-refractivity contribution < 1.29 is 19.1 Å². The quantitative estimate of drug-likeness (QED) is 0.525. The Morgan fingerprint density at radius 3 is 2.80 bits per heavy atom. The molecule has 3 heterocycles. The van der Waals surface area contributed by atoms with Crippen LogP contribution in [0.3, 0.4) is 0 Å². The van der Waals surface area contributed by atoms with Gasteiger partial charge in [0.05, 0.1) is 31.0 Å². The van der Waals surface area contributed by atoms with E-state index in [1.54, 1.807) is 32.3 Å². The molecule has 0 saturated carbocycles. The third-order valence-corrected chi connectivity index (χ3v) is 6.44. The molecule has 9 nitrogen and oxygen atoms in total. The summed E-state index contributed by atoms with van der Waals surface area (Å²) >= 11 is 0. The number of carbonyl (C=O) groups is 2. The molecule has 2 aliphatic heterocycles. The van der Waals surface area contributed by atoms with Crippen LogP contribution in [-0.2, 0) is 9.53 Å². The van der Waals surface area contributed by atoms with Crippen LogP contribution in [0.2, 0.25) is 0 Å². The van der Waals surface area contributed by atoms with Gasteiger partial charge < -0.3 is 19.7 Å². The molecule has 0 spiro atoms. The van der Waals surface area contributed by atoms with E-state index in [4.69, 9.17) is 9.47 Å². The van der Waals surface area contributed by atoms with E-state index in [0.717, 1.165) is 56.0 Å². The summed E-state index contributed by atoms with van der Waals surface area (Å²) in [5.74, 6) is -0.170. The molecule has 35 heavy (non-hydrogen) atoms. The van der Waals surface area contributed by atoms with Gasteiger partial charge in [-0.15, -0.1) is 0 Å². The van der Waals surface area contributed by atoms with Gasteiger partial charge in [0.1, 0.15) is 18.0 Å². The molecule has 1 N–H and O–H groups in total. The minimum atomic E-state index is -0.620. The van der Waals surface area contributed by atoms with Crippen molar-refractivity contribution in [1.29, 1.82) is 0 Å². The minimum Gasteiger partial charge on any atom is -0.493 e. The predicted molar refractivity (Wildman–Crippen MR) is 132 cm³/mol. The molecule has 1 atom stereocenters. The third-order valence-electron chi connectivity index (χ3n) is 6.44. The van der Waals surface area contributed by atoms with Crippen molar-refractivity contribution in [2.24, 2.45) is 0 Å². The zero-order valence-electron chi connectivity index (χ0n) is 20.0. The van der Waals surface area contributed by atoms with E-state index < -0.39 is 5.92 Å². The van der Waals surface area contributed by atoms with Crippen molar-refractivity contribution >= 4 is 28.4 Å². The molecule has 2 amide bonds. The summed E-state index contributed by atoms with van der Waals surface area (Å²) in [5.41, 5.74) is 3.29. The summed E-state index contributed by atoms with van der Waals surface area (Å²) < 4.78 is 11.4. The molecule has 3 aromatic rings. The fourth-order valence-electron chi connectivity index (χ4n) is 4.60. The van der Waals surface area contributed by atoms with Gasteiger partial charge in [-0.2, -0.15) is 0 Å². The van der Waals surface area contributed by atoms with Crippen molar-refractivity contribution in [3.8, 4) is 5.75 Å². The fourth-order valence-corrected chi connectivity index (χ4v) is 4.60. The molecule has 5 rings (SSSR count). The van der Waals surface area contributed by atoms with Crippen LogP contribution in [0.15, 0.2) is 42.7 Å². The maximum absolute atomic E-state index is 13.0. The first kappa shape index (κ1) is 23.2. The summed E-state index contributed by atoms with van der Waals surface area (Å²) in [7, 11) is 3.41. The molecule has 182 valence electrons. The minimum absolute atomic E-state index is 0.117. The van der Waals surface area contributed by atoms with Crippen LogP contribution in [0.25, 0.3) is 10.9 Å². The SMILES string of the molecule is CN(C)C(=O)c1ccc2c(c1)C(c1ncnc3cc(OCCCN4CCOCC4)ccc13)C(=O)N2. The van der Waals surface area contributed by atoms with Gasteiger partial charge in [-0.05, 0) is 42.3 Å². The Bertz CT molecular complexity index is 1260. The highest BCUT2D eigenvalue weighted by Gasteiger charge is 2.35. The molecule has 0 aliphatic carbocycles. The van der Waals surface area contributed by atoms with Crippen molar-refractivity contribution in [2.45, 2.75) is 12.3 Å². The van der Waals surface area contributed by atoms with Gasteiger partial charge >= 0.3 is 0 Å². The molecular weight excluding hydrogens is 446 g/mol. The number of ether oxygens (including phenoxy) is 2. The van der Waals surface area contributed by atoms with Crippen LogP contribution in [-0.4, -0.2) is 85.1 Å². The molecule has 1 fully saturated rings. The number of aromatic nitrogens is 2. The first-order chi connectivity index (χ1) is 17.0. The lowest BCUT2D eigenvalue weighted by atomic mass is 9.92. The second kappa shape index (κ2) is 9.97. The Morgan fingerprint density at radius 1 is 1.17 bits per heavy atom. The lowest BCUT2D eigenvalue weighted by Crippen LogP contribution is -2.37. The van der Waals surface area contributed by atoms with Gasteiger partial charge in [0, 0.05) is 56.4 Å². The van der Waals surface area contributed by atoms with Gasteiger partial charge in [-0.3, -0.25) is 14.5 Å². The van der Waals surface area contributed by atoms with Crippen LogP contribution in [0.5, 0.6) is 5.75 Å². The summed E-state index contributed by atoms with van der Waals surface area (Å²) in [6.07, 6.45) is 2.40. The highest BCUT2D eigenvalue weighted by molar-refractivity contribution is 6.08. The normalized spacial score (nSPS) is 17.8. The standard InChI is InChI=1S/C26H29N5O4/c1-30(2)26(33)17-4-7-21-20(14-17)23(25(32)29-21)24-19-6-5-18(15-22(19)27-16-28-24)35-11-3-8-31-9-12-34-13-10-31/h4-7,14-16,23H,3,8-13H2,1-2H3,(H,29,32). The molecule has 9 heteroatoms. The van der Waals surface area contributed by atoms with Crippen LogP contribution in [0.1, 0.15) is 34.0 Å². The van der Waals surface area contributed by atoms with Gasteiger partial charge in [-0.1, -0.05) is 0 Å². The maximum Gasteiger partial charge on any atom is 0.253 e. The first-order valence-electron chi connectivity index (χ1n) is 11.9. The Labute approximate surface area is 204 Å². The number of carbonyl (C=O) groups excluding carboxylic acids is 2. The molecule has 2 aromatic carbocycles. The number of hydrogen-bond acceptors (Lipinski definition) is 7. The van der Waals surface area contributed by atoms with Gasteiger partial charge in [0.25, 0.3) is 5.91 Å². The second-order valence-electron chi connectivity index (χ2n) is 9.02. The van der Waals surface area contributed by atoms with E-state index in [-0.39, 0.29) is 11.8 Å². The monoisotopic (exact) mass is 475 g/mol. The zero-order valence-corrected chi connectivity index (χ0v) is 20.0. The fraction of sp³-hybridized carbons (Fsp3) is 0.385. The number of amides is 2. The van der Waals surface area contributed by atoms with Crippen LogP contribution in [0.4, 0.5) is 5.69 Å². The van der Waals surface area contributed by atoms with Crippen LogP contribution in [0, 0.1) is 0 Å². The number of benzene rings is 2. The summed E-state index contributed by atoms with van der Waals surface area (Å²) in [4.78, 5) is 38.3. The number of anilines is 1. The molecule has 0 radical (unpaired) electrons. The topological polar surface area (TPSA) is 96.9 Å². The Hall–Kier alpha value is -3.56. The number of morpholine rings is 1. The maximum atomic E-state index is 13.0. The number of nitrogens with one attached hydrogen (secondary N) is 1. The Kier molecular flexibility index (Phi) is 6.61. The lowest BCUT2D eigenvalue weighted by molar-refractivity contribution is -0.116. The molecule has 2 aliphatic rings. The van der Waals surface area contributed by atoms with E-state index in [1.807, 2.05) is 18.2 Å². The Balaban J connectivity index is 1.35. The van der Waals surface area contributed by atoms with Gasteiger partial charge in [-0.25, -0.2) is 9.97 Å². The summed E-state index contributed by atoms with van der Waals surface area (Å²) in [6, 6.07) is 11.0. The number of nitrogens with zero attached hydrogens (tertiary/aromatic N) is 4. The van der Waals surface area contributed by atoms with Gasteiger partial charge in [0.2, 0.25) is 5.91 Å². The highest BCUT2D eigenvalue weighted by atomic mass is 16.5. The molecule has 0 bridgehead atoms. The Morgan fingerprint density at radius 2 is 2.00 bits per heavy atom. The number of hydrogen-bond donors (Lipinski definition) is 1. The smallest absolute Gasteiger partial charge is 0.253 e. The highest BCUT2D eigenvalue weighted by Crippen LogP contribution is 2.39. The van der Waals surface area contributed by atoms with E-state index in [9.17, 15) is 9.59 Å². The first-order valence-corrected chi connectivity index (χ1v) is 11.9. The second-order valence-corrected chi connectivity index (χ2v) is 9.02. The summed E-state index contributed by atoms with van der Waals surface area (Å²) in [6.45, 7) is 5.13. The third kappa shape index (κ3) is 4.82. The van der Waals surface area contributed by atoms with E-state index in [2.05, 4.69) is 20.2 Å².